The lowest BCUT2D eigenvalue weighted by Gasteiger charge is -2.22. The number of carbonyl (C=O) groups is 1. The molecule has 1 saturated heterocycles. The molecule has 0 aliphatic carbocycles. The molecule has 1 fully saturated rings. The second-order valence-corrected chi connectivity index (χ2v) is 10.9. The first-order chi connectivity index (χ1) is 20.3. The molecule has 214 valence electrons. The SMILES string of the molecule is CC(C)n1cc(-c2ccc(Cl)cc2)c(=O)c(C(=O)Nc2ccc(-c3nn(C4CCOCC4)c4ncnc(N)c34)cc2)n1. The minimum absolute atomic E-state index is 0.0744. The third-order valence-electron chi connectivity index (χ3n) is 7.31. The first kappa shape index (κ1) is 27.6. The number of nitrogens with two attached hydrogens (primary N) is 1. The Labute approximate surface area is 246 Å². The number of benzene rings is 2. The van der Waals surface area contributed by atoms with Gasteiger partial charge in [0, 0.05) is 47.3 Å². The van der Waals surface area contributed by atoms with Crippen molar-refractivity contribution in [3.05, 3.63) is 82.0 Å². The highest BCUT2D eigenvalue weighted by molar-refractivity contribution is 6.30. The normalized spacial score (nSPS) is 14.0. The van der Waals surface area contributed by atoms with E-state index in [1.165, 1.54) is 6.33 Å². The molecule has 3 aromatic heterocycles. The molecule has 4 heterocycles. The van der Waals surface area contributed by atoms with Gasteiger partial charge in [0.1, 0.15) is 17.8 Å². The zero-order chi connectivity index (χ0) is 29.4. The maximum absolute atomic E-state index is 13.4. The smallest absolute Gasteiger partial charge is 0.280 e. The number of amides is 1. The Morgan fingerprint density at radius 1 is 1.02 bits per heavy atom. The third kappa shape index (κ3) is 5.24. The highest BCUT2D eigenvalue weighted by Gasteiger charge is 2.24. The molecule has 6 rings (SSSR count). The number of hydrogen-bond acceptors (Lipinski definition) is 8. The summed E-state index contributed by atoms with van der Waals surface area (Å²) in [5.74, 6) is -0.261. The molecule has 1 amide bonds. The van der Waals surface area contributed by atoms with E-state index in [4.69, 9.17) is 27.2 Å². The minimum atomic E-state index is -0.607. The van der Waals surface area contributed by atoms with Crippen molar-refractivity contribution in [3.8, 4) is 22.4 Å². The Bertz CT molecular complexity index is 1830. The number of hydrogen-bond donors (Lipinski definition) is 2. The molecule has 1 aliphatic heterocycles. The average Bonchev–Trinajstić information content (AvgIpc) is 3.39. The number of aromatic nitrogens is 6. The summed E-state index contributed by atoms with van der Waals surface area (Å²) in [7, 11) is 0. The maximum Gasteiger partial charge on any atom is 0.280 e. The van der Waals surface area contributed by atoms with Gasteiger partial charge in [-0.25, -0.2) is 14.6 Å². The van der Waals surface area contributed by atoms with Gasteiger partial charge < -0.3 is 15.8 Å². The molecule has 42 heavy (non-hydrogen) atoms. The molecule has 12 heteroatoms. The van der Waals surface area contributed by atoms with Crippen LogP contribution in [0.2, 0.25) is 5.02 Å². The summed E-state index contributed by atoms with van der Waals surface area (Å²) in [6, 6.07) is 14.1. The number of nitrogens with zero attached hydrogens (tertiary/aromatic N) is 6. The Morgan fingerprint density at radius 3 is 2.40 bits per heavy atom. The van der Waals surface area contributed by atoms with Crippen molar-refractivity contribution in [2.45, 2.75) is 38.8 Å². The molecule has 0 radical (unpaired) electrons. The second-order valence-electron chi connectivity index (χ2n) is 10.4. The van der Waals surface area contributed by atoms with E-state index in [1.807, 2.05) is 30.7 Å². The predicted octanol–water partition coefficient (Wildman–Crippen LogP) is 5.14. The fourth-order valence-corrected chi connectivity index (χ4v) is 5.17. The standard InChI is InChI=1S/C30H29ClN8O3/c1-17(2)38-15-23(18-3-7-20(31)8-4-18)27(40)26(36-38)30(41)35-21-9-5-19(6-10-21)25-24-28(32)33-16-34-29(24)39(37-25)22-11-13-42-14-12-22/h3-10,15-17,22H,11-14H2,1-2H3,(H,35,41)(H2,32,33,34). The fraction of sp³-hybridized carbons (Fsp3) is 0.267. The lowest BCUT2D eigenvalue weighted by atomic mass is 10.1. The molecule has 0 bridgehead atoms. The van der Waals surface area contributed by atoms with Crippen LogP contribution in [-0.4, -0.2) is 48.6 Å². The predicted molar refractivity (Wildman–Crippen MR) is 162 cm³/mol. The lowest BCUT2D eigenvalue weighted by Crippen LogP contribution is -2.28. The van der Waals surface area contributed by atoms with Crippen molar-refractivity contribution in [2.24, 2.45) is 0 Å². The summed E-state index contributed by atoms with van der Waals surface area (Å²) in [5, 5.41) is 13.3. The van der Waals surface area contributed by atoms with Gasteiger partial charge in [0.15, 0.2) is 11.3 Å². The maximum atomic E-state index is 13.4. The van der Waals surface area contributed by atoms with Gasteiger partial charge in [-0.05, 0) is 56.5 Å². The highest BCUT2D eigenvalue weighted by Crippen LogP contribution is 2.34. The van der Waals surface area contributed by atoms with Crippen molar-refractivity contribution in [1.82, 2.24) is 29.5 Å². The molecule has 11 nitrogen and oxygen atoms in total. The van der Waals surface area contributed by atoms with Crippen LogP contribution in [0.3, 0.4) is 0 Å². The Morgan fingerprint density at radius 2 is 1.71 bits per heavy atom. The van der Waals surface area contributed by atoms with Crippen LogP contribution in [0, 0.1) is 0 Å². The monoisotopic (exact) mass is 584 g/mol. The topological polar surface area (TPSA) is 143 Å². The molecular weight excluding hydrogens is 556 g/mol. The van der Waals surface area contributed by atoms with Crippen molar-refractivity contribution >= 4 is 40.0 Å². The van der Waals surface area contributed by atoms with Crippen molar-refractivity contribution in [2.75, 3.05) is 24.3 Å². The Balaban J connectivity index is 1.31. The van der Waals surface area contributed by atoms with Gasteiger partial charge in [0.25, 0.3) is 5.91 Å². The quantitative estimate of drug-likeness (QED) is 0.279. The molecule has 0 saturated carbocycles. The molecule has 3 N–H and O–H groups in total. The lowest BCUT2D eigenvalue weighted by molar-refractivity contribution is 0.0674. The summed E-state index contributed by atoms with van der Waals surface area (Å²) in [4.78, 5) is 35.4. The minimum Gasteiger partial charge on any atom is -0.383 e. The number of halogens is 1. The molecule has 0 unspecified atom stereocenters. The summed E-state index contributed by atoms with van der Waals surface area (Å²) < 4.78 is 9.04. The second kappa shape index (κ2) is 11.3. The van der Waals surface area contributed by atoms with E-state index in [1.54, 1.807) is 47.3 Å². The zero-order valence-corrected chi connectivity index (χ0v) is 23.9. The number of carbonyl (C=O) groups excluding carboxylic acids is 1. The molecular formula is C30H29ClN8O3. The zero-order valence-electron chi connectivity index (χ0n) is 23.1. The van der Waals surface area contributed by atoms with E-state index in [0.29, 0.717) is 57.6 Å². The van der Waals surface area contributed by atoms with Crippen molar-refractivity contribution < 1.29 is 9.53 Å². The molecule has 2 aromatic carbocycles. The number of ether oxygens (including phenoxy) is 1. The van der Waals surface area contributed by atoms with Crippen molar-refractivity contribution in [1.29, 1.82) is 0 Å². The van der Waals surface area contributed by atoms with Gasteiger partial charge in [0.2, 0.25) is 5.43 Å². The van der Waals surface area contributed by atoms with Gasteiger partial charge in [-0.2, -0.15) is 10.2 Å². The van der Waals surface area contributed by atoms with Gasteiger partial charge in [-0.15, -0.1) is 0 Å². The fourth-order valence-electron chi connectivity index (χ4n) is 5.04. The number of rotatable bonds is 6. The van der Waals surface area contributed by atoms with E-state index in [9.17, 15) is 9.59 Å². The first-order valence-electron chi connectivity index (χ1n) is 13.7. The van der Waals surface area contributed by atoms with Crippen LogP contribution in [0.25, 0.3) is 33.4 Å². The van der Waals surface area contributed by atoms with E-state index in [0.717, 1.165) is 18.4 Å². The van der Waals surface area contributed by atoms with E-state index in [-0.39, 0.29) is 17.8 Å². The molecule has 1 aliphatic rings. The largest absolute Gasteiger partial charge is 0.383 e. The van der Waals surface area contributed by atoms with Crippen LogP contribution in [0.5, 0.6) is 0 Å². The van der Waals surface area contributed by atoms with Crippen LogP contribution >= 0.6 is 11.6 Å². The summed E-state index contributed by atoms with van der Waals surface area (Å²) in [6.07, 6.45) is 4.76. The first-order valence-corrected chi connectivity index (χ1v) is 14.1. The molecule has 0 spiro atoms. The molecule has 0 atom stereocenters. The van der Waals surface area contributed by atoms with Gasteiger partial charge >= 0.3 is 0 Å². The number of nitrogen functional groups attached to an aromatic ring is 1. The number of anilines is 2. The van der Waals surface area contributed by atoms with Crippen LogP contribution in [0.1, 0.15) is 49.3 Å². The van der Waals surface area contributed by atoms with E-state index in [2.05, 4.69) is 20.4 Å². The number of fused-ring (bicyclic) bond motifs is 1. The number of nitrogens with one attached hydrogen (secondary N) is 1. The van der Waals surface area contributed by atoms with Crippen LogP contribution in [0.15, 0.2) is 65.8 Å². The molecule has 5 aromatic rings. The third-order valence-corrected chi connectivity index (χ3v) is 7.56. The van der Waals surface area contributed by atoms with E-state index < -0.39 is 11.3 Å². The van der Waals surface area contributed by atoms with Gasteiger partial charge in [0.05, 0.1) is 11.4 Å². The van der Waals surface area contributed by atoms with E-state index >= 15 is 0 Å². The summed E-state index contributed by atoms with van der Waals surface area (Å²) in [5.41, 5.74) is 9.23. The summed E-state index contributed by atoms with van der Waals surface area (Å²) in [6.45, 7) is 5.18. The Hall–Kier alpha value is -4.61. The van der Waals surface area contributed by atoms with Crippen LogP contribution in [-0.2, 0) is 4.74 Å². The Kier molecular flexibility index (Phi) is 7.44. The highest BCUT2D eigenvalue weighted by atomic mass is 35.5. The summed E-state index contributed by atoms with van der Waals surface area (Å²) >= 11 is 6.03. The van der Waals surface area contributed by atoms with Gasteiger partial charge in [-0.1, -0.05) is 35.9 Å². The van der Waals surface area contributed by atoms with Crippen molar-refractivity contribution in [3.63, 3.8) is 0 Å². The van der Waals surface area contributed by atoms with Gasteiger partial charge in [-0.3, -0.25) is 14.3 Å². The average molecular weight is 585 g/mol. The van der Waals surface area contributed by atoms with Crippen LogP contribution < -0.4 is 16.5 Å². The van der Waals surface area contributed by atoms with Crippen LogP contribution in [0.4, 0.5) is 11.5 Å².